The fourth-order valence-corrected chi connectivity index (χ4v) is 3.37. The number of hydrogen-bond acceptors (Lipinski definition) is 1. The van der Waals surface area contributed by atoms with Crippen molar-refractivity contribution < 1.29 is 0 Å². The van der Waals surface area contributed by atoms with Crippen LogP contribution in [0.5, 0.6) is 0 Å². The Morgan fingerprint density at radius 3 is 2.47 bits per heavy atom. The average molecular weight is 421 g/mol. The third kappa shape index (κ3) is 2.31. The molecule has 0 atom stereocenters. The Kier molecular flexibility index (Phi) is 3.59. The number of nitrogens with one attached hydrogen (secondary N) is 1. The van der Waals surface area contributed by atoms with E-state index < -0.39 is 0 Å². The van der Waals surface area contributed by atoms with Gasteiger partial charge in [-0.25, -0.2) is 0 Å². The van der Waals surface area contributed by atoms with Crippen molar-refractivity contribution in [3.8, 4) is 5.69 Å². The molecule has 0 saturated carbocycles. The highest BCUT2D eigenvalue weighted by Crippen LogP contribution is 2.31. The fourth-order valence-electron chi connectivity index (χ4n) is 2.01. The van der Waals surface area contributed by atoms with Gasteiger partial charge in [0, 0.05) is 3.57 Å². The predicted molar refractivity (Wildman–Crippen MR) is 91.2 cm³/mol. The van der Waals surface area contributed by atoms with Crippen LogP contribution in [0.25, 0.3) is 16.7 Å². The van der Waals surface area contributed by atoms with Gasteiger partial charge in [0.15, 0.2) is 4.77 Å². The molecule has 19 heavy (non-hydrogen) atoms. The van der Waals surface area contributed by atoms with Gasteiger partial charge < -0.3 is 4.98 Å². The molecular formula is C13H7Cl2IN2S. The maximum atomic E-state index is 6.26. The van der Waals surface area contributed by atoms with Crippen LogP contribution in [0.15, 0.2) is 36.4 Å². The number of para-hydroxylation sites is 1. The molecule has 1 heterocycles. The van der Waals surface area contributed by atoms with Gasteiger partial charge in [0.25, 0.3) is 0 Å². The van der Waals surface area contributed by atoms with E-state index >= 15 is 0 Å². The van der Waals surface area contributed by atoms with Crippen molar-refractivity contribution in [2.75, 3.05) is 0 Å². The third-order valence-corrected chi connectivity index (χ3v) is 4.37. The molecule has 3 aromatic rings. The Labute approximate surface area is 138 Å². The lowest BCUT2D eigenvalue weighted by Crippen LogP contribution is -1.96. The summed E-state index contributed by atoms with van der Waals surface area (Å²) in [5, 5.41) is 1.14. The molecule has 0 amide bonds. The Morgan fingerprint density at radius 2 is 1.79 bits per heavy atom. The van der Waals surface area contributed by atoms with Crippen LogP contribution in [-0.4, -0.2) is 9.55 Å². The van der Waals surface area contributed by atoms with Crippen LogP contribution in [-0.2, 0) is 0 Å². The highest BCUT2D eigenvalue weighted by atomic mass is 127. The number of fused-ring (bicyclic) bond motifs is 1. The minimum Gasteiger partial charge on any atom is -0.330 e. The van der Waals surface area contributed by atoms with E-state index in [-0.39, 0.29) is 0 Å². The van der Waals surface area contributed by atoms with E-state index in [0.29, 0.717) is 20.5 Å². The van der Waals surface area contributed by atoms with Gasteiger partial charge in [-0.2, -0.15) is 0 Å². The van der Waals surface area contributed by atoms with Gasteiger partial charge in [-0.15, -0.1) is 0 Å². The van der Waals surface area contributed by atoms with Crippen LogP contribution in [0.4, 0.5) is 0 Å². The average Bonchev–Trinajstić information content (AvgIpc) is 2.65. The monoisotopic (exact) mass is 420 g/mol. The second-order valence-corrected chi connectivity index (χ2v) is 6.44. The second kappa shape index (κ2) is 5.09. The van der Waals surface area contributed by atoms with Crippen LogP contribution >= 0.6 is 58.0 Å². The maximum Gasteiger partial charge on any atom is 0.182 e. The minimum atomic E-state index is 0.572. The van der Waals surface area contributed by atoms with Crippen LogP contribution in [0.1, 0.15) is 0 Å². The Bertz CT molecular complexity index is 818. The molecule has 1 aromatic heterocycles. The minimum absolute atomic E-state index is 0.572. The van der Waals surface area contributed by atoms with Gasteiger partial charge in [0.2, 0.25) is 0 Å². The molecule has 2 aromatic carbocycles. The summed E-state index contributed by atoms with van der Waals surface area (Å²) in [5.74, 6) is 0. The number of nitrogens with zero attached hydrogens (tertiary/aromatic N) is 1. The summed E-state index contributed by atoms with van der Waals surface area (Å²) >= 11 is 20.2. The quantitative estimate of drug-likeness (QED) is 0.401. The number of hydrogen-bond donors (Lipinski definition) is 1. The number of halogens is 3. The topological polar surface area (TPSA) is 20.7 Å². The molecule has 0 unspecified atom stereocenters. The molecular weight excluding hydrogens is 414 g/mol. The first-order valence-electron chi connectivity index (χ1n) is 5.42. The molecule has 3 rings (SSSR count). The van der Waals surface area contributed by atoms with Gasteiger partial charge in [0.05, 0.1) is 26.8 Å². The number of benzene rings is 2. The van der Waals surface area contributed by atoms with E-state index in [9.17, 15) is 0 Å². The van der Waals surface area contributed by atoms with Crippen molar-refractivity contribution in [2.45, 2.75) is 0 Å². The SMILES string of the molecule is S=c1[nH]c2cc(I)ccc2n1-c1c(Cl)cccc1Cl. The van der Waals surface area contributed by atoms with Gasteiger partial charge in [0.1, 0.15) is 0 Å². The summed E-state index contributed by atoms with van der Waals surface area (Å²) in [6.07, 6.45) is 0. The van der Waals surface area contributed by atoms with E-state index in [2.05, 4.69) is 27.6 Å². The first-order chi connectivity index (χ1) is 9.08. The zero-order valence-corrected chi connectivity index (χ0v) is 13.9. The Hall–Kier alpha value is -0.560. The number of imidazole rings is 1. The number of aromatic amines is 1. The normalized spacial score (nSPS) is 11.1. The van der Waals surface area contributed by atoms with E-state index in [4.69, 9.17) is 35.4 Å². The second-order valence-electron chi connectivity index (χ2n) is 4.00. The zero-order chi connectivity index (χ0) is 13.6. The lowest BCUT2D eigenvalue weighted by molar-refractivity contribution is 1.07. The number of H-pyrrole nitrogens is 1. The summed E-state index contributed by atoms with van der Waals surface area (Å²) in [5.41, 5.74) is 2.64. The van der Waals surface area contributed by atoms with Crippen molar-refractivity contribution >= 4 is 69.0 Å². The molecule has 6 heteroatoms. The summed E-state index contributed by atoms with van der Waals surface area (Å²) in [7, 11) is 0. The van der Waals surface area contributed by atoms with Crippen LogP contribution in [0.2, 0.25) is 10.0 Å². The van der Waals surface area contributed by atoms with Gasteiger partial charge in [-0.3, -0.25) is 4.57 Å². The van der Waals surface area contributed by atoms with E-state index in [1.54, 1.807) is 12.1 Å². The standard InChI is InChI=1S/C13H7Cl2IN2S/c14-8-2-1-3-9(15)12(8)18-11-5-4-7(16)6-10(11)17-13(18)19/h1-6H,(H,17,19). The van der Waals surface area contributed by atoms with E-state index in [1.165, 1.54) is 0 Å². The van der Waals surface area contributed by atoms with Gasteiger partial charge >= 0.3 is 0 Å². The molecule has 1 N–H and O–H groups in total. The molecule has 2 nitrogen and oxygen atoms in total. The zero-order valence-electron chi connectivity index (χ0n) is 9.45. The molecule has 0 saturated heterocycles. The summed E-state index contributed by atoms with van der Waals surface area (Å²) < 4.78 is 3.58. The Balaban J connectivity index is 2.43. The van der Waals surface area contributed by atoms with Crippen LogP contribution in [0, 0.1) is 8.34 Å². The highest BCUT2D eigenvalue weighted by molar-refractivity contribution is 14.1. The molecule has 0 aliphatic rings. The number of aromatic nitrogens is 2. The molecule has 0 aliphatic carbocycles. The molecule has 0 bridgehead atoms. The fraction of sp³-hybridized carbons (Fsp3) is 0. The van der Waals surface area contributed by atoms with Crippen LogP contribution < -0.4 is 0 Å². The van der Waals surface area contributed by atoms with Crippen molar-refractivity contribution in [1.82, 2.24) is 9.55 Å². The first-order valence-corrected chi connectivity index (χ1v) is 7.67. The maximum absolute atomic E-state index is 6.26. The first kappa shape index (κ1) is 13.4. The predicted octanol–water partition coefficient (Wildman–Crippen LogP) is 5.60. The summed E-state index contributed by atoms with van der Waals surface area (Å²) in [4.78, 5) is 3.18. The van der Waals surface area contributed by atoms with E-state index in [1.807, 2.05) is 28.8 Å². The van der Waals surface area contributed by atoms with Crippen LogP contribution in [0.3, 0.4) is 0 Å². The molecule has 0 aliphatic heterocycles. The third-order valence-electron chi connectivity index (χ3n) is 2.81. The largest absolute Gasteiger partial charge is 0.330 e. The van der Waals surface area contributed by atoms with Crippen molar-refractivity contribution in [3.05, 3.63) is 54.8 Å². The van der Waals surface area contributed by atoms with E-state index in [0.717, 1.165) is 14.6 Å². The molecule has 0 fully saturated rings. The number of rotatable bonds is 1. The molecule has 0 radical (unpaired) electrons. The molecule has 0 spiro atoms. The lowest BCUT2D eigenvalue weighted by atomic mass is 10.3. The summed E-state index contributed by atoms with van der Waals surface area (Å²) in [6, 6.07) is 11.5. The molecule has 96 valence electrons. The smallest absolute Gasteiger partial charge is 0.182 e. The van der Waals surface area contributed by atoms with Crippen molar-refractivity contribution in [1.29, 1.82) is 0 Å². The van der Waals surface area contributed by atoms with Gasteiger partial charge in [-0.1, -0.05) is 29.3 Å². The Morgan fingerprint density at radius 1 is 1.11 bits per heavy atom. The summed E-state index contributed by atoms with van der Waals surface area (Å²) in [6.45, 7) is 0. The van der Waals surface area contributed by atoms with Crippen molar-refractivity contribution in [3.63, 3.8) is 0 Å². The van der Waals surface area contributed by atoms with Crippen molar-refractivity contribution in [2.24, 2.45) is 0 Å². The lowest BCUT2D eigenvalue weighted by Gasteiger charge is -2.09. The van der Waals surface area contributed by atoms with Gasteiger partial charge in [-0.05, 0) is 65.1 Å². The highest BCUT2D eigenvalue weighted by Gasteiger charge is 2.13.